The van der Waals surface area contributed by atoms with Gasteiger partial charge < -0.3 is 10.1 Å². The average molecular weight is 261 g/mol. The Morgan fingerprint density at radius 2 is 2.11 bits per heavy atom. The number of hydrogen-bond acceptors (Lipinski definition) is 2. The van der Waals surface area contributed by atoms with Crippen molar-refractivity contribution in [2.45, 2.75) is 46.1 Å². The van der Waals surface area contributed by atoms with E-state index in [1.165, 1.54) is 18.4 Å². The first-order valence-electron chi connectivity index (χ1n) is 7.68. The SMILES string of the molecule is CCNC(CC(C)CC)C1COc2ccccc2C1. The molecule has 3 unspecified atom stereocenters. The number of fused-ring (bicyclic) bond motifs is 1. The molecule has 19 heavy (non-hydrogen) atoms. The normalized spacial score (nSPS) is 21.3. The Kier molecular flexibility index (Phi) is 5.26. The summed E-state index contributed by atoms with van der Waals surface area (Å²) in [4.78, 5) is 0. The van der Waals surface area contributed by atoms with Crippen molar-refractivity contribution < 1.29 is 4.74 Å². The fourth-order valence-corrected chi connectivity index (χ4v) is 2.91. The van der Waals surface area contributed by atoms with E-state index in [0.29, 0.717) is 12.0 Å². The van der Waals surface area contributed by atoms with Crippen LogP contribution in [-0.4, -0.2) is 19.2 Å². The van der Waals surface area contributed by atoms with Gasteiger partial charge in [0.2, 0.25) is 0 Å². The zero-order valence-corrected chi connectivity index (χ0v) is 12.5. The molecule has 0 saturated carbocycles. The van der Waals surface area contributed by atoms with E-state index in [0.717, 1.165) is 31.2 Å². The van der Waals surface area contributed by atoms with Gasteiger partial charge in [0.1, 0.15) is 5.75 Å². The molecule has 1 aliphatic rings. The minimum Gasteiger partial charge on any atom is -0.493 e. The van der Waals surface area contributed by atoms with Crippen LogP contribution < -0.4 is 10.1 Å². The Morgan fingerprint density at radius 1 is 1.32 bits per heavy atom. The third-order valence-electron chi connectivity index (χ3n) is 4.30. The van der Waals surface area contributed by atoms with Crippen molar-refractivity contribution in [3.8, 4) is 5.75 Å². The van der Waals surface area contributed by atoms with Crippen molar-refractivity contribution in [2.75, 3.05) is 13.2 Å². The lowest BCUT2D eigenvalue weighted by molar-refractivity contribution is 0.171. The fourth-order valence-electron chi connectivity index (χ4n) is 2.91. The van der Waals surface area contributed by atoms with Crippen LogP contribution in [0.1, 0.15) is 39.2 Å². The minimum absolute atomic E-state index is 0.577. The number of nitrogens with one attached hydrogen (secondary N) is 1. The quantitative estimate of drug-likeness (QED) is 0.844. The van der Waals surface area contributed by atoms with Gasteiger partial charge in [-0.2, -0.15) is 0 Å². The van der Waals surface area contributed by atoms with E-state index in [1.807, 2.05) is 0 Å². The summed E-state index contributed by atoms with van der Waals surface area (Å²) < 4.78 is 5.94. The van der Waals surface area contributed by atoms with Crippen LogP contribution >= 0.6 is 0 Å². The van der Waals surface area contributed by atoms with E-state index >= 15 is 0 Å². The molecule has 0 saturated heterocycles. The lowest BCUT2D eigenvalue weighted by Crippen LogP contribution is -2.42. The molecule has 0 bridgehead atoms. The molecule has 1 aliphatic heterocycles. The smallest absolute Gasteiger partial charge is 0.122 e. The van der Waals surface area contributed by atoms with E-state index in [1.54, 1.807) is 0 Å². The first-order chi connectivity index (χ1) is 9.24. The van der Waals surface area contributed by atoms with E-state index in [9.17, 15) is 0 Å². The van der Waals surface area contributed by atoms with Gasteiger partial charge in [-0.15, -0.1) is 0 Å². The van der Waals surface area contributed by atoms with E-state index < -0.39 is 0 Å². The van der Waals surface area contributed by atoms with Gasteiger partial charge in [0.25, 0.3) is 0 Å². The van der Waals surface area contributed by atoms with Crippen molar-refractivity contribution in [1.82, 2.24) is 5.32 Å². The van der Waals surface area contributed by atoms with Gasteiger partial charge in [0, 0.05) is 12.0 Å². The summed E-state index contributed by atoms with van der Waals surface area (Å²) in [6.45, 7) is 8.72. The lowest BCUT2D eigenvalue weighted by atomic mass is 9.85. The first kappa shape index (κ1) is 14.4. The maximum atomic E-state index is 5.94. The Morgan fingerprint density at radius 3 is 2.84 bits per heavy atom. The molecular weight excluding hydrogens is 234 g/mol. The molecule has 1 N–H and O–H groups in total. The summed E-state index contributed by atoms with van der Waals surface area (Å²) in [7, 11) is 0. The van der Waals surface area contributed by atoms with Gasteiger partial charge in [-0.25, -0.2) is 0 Å². The highest BCUT2D eigenvalue weighted by Gasteiger charge is 2.27. The Labute approximate surface area is 117 Å². The largest absolute Gasteiger partial charge is 0.493 e. The molecule has 1 aromatic rings. The van der Waals surface area contributed by atoms with Crippen LogP contribution in [0.5, 0.6) is 5.75 Å². The molecule has 1 aromatic carbocycles. The molecule has 0 fully saturated rings. The summed E-state index contributed by atoms with van der Waals surface area (Å²) in [5, 5.41) is 3.67. The van der Waals surface area contributed by atoms with Crippen molar-refractivity contribution >= 4 is 0 Å². The predicted octanol–water partition coefficient (Wildman–Crippen LogP) is 3.65. The average Bonchev–Trinajstić information content (AvgIpc) is 2.46. The second kappa shape index (κ2) is 6.95. The van der Waals surface area contributed by atoms with Crippen LogP contribution in [0.25, 0.3) is 0 Å². The topological polar surface area (TPSA) is 21.3 Å². The number of para-hydroxylation sites is 1. The molecule has 2 nitrogen and oxygen atoms in total. The Hall–Kier alpha value is -1.02. The Balaban J connectivity index is 2.03. The van der Waals surface area contributed by atoms with Gasteiger partial charge in [-0.1, -0.05) is 45.4 Å². The molecule has 2 rings (SSSR count). The van der Waals surface area contributed by atoms with Crippen LogP contribution in [0.2, 0.25) is 0 Å². The maximum absolute atomic E-state index is 5.94. The van der Waals surface area contributed by atoms with Crippen LogP contribution in [0.3, 0.4) is 0 Å². The van der Waals surface area contributed by atoms with Crippen LogP contribution in [0, 0.1) is 11.8 Å². The number of ether oxygens (including phenoxy) is 1. The minimum atomic E-state index is 0.577. The third kappa shape index (κ3) is 3.73. The molecule has 1 heterocycles. The summed E-state index contributed by atoms with van der Waals surface area (Å²) in [5.74, 6) is 2.46. The summed E-state index contributed by atoms with van der Waals surface area (Å²) in [6, 6.07) is 9.03. The van der Waals surface area contributed by atoms with Crippen LogP contribution in [-0.2, 0) is 6.42 Å². The highest BCUT2D eigenvalue weighted by molar-refractivity contribution is 5.35. The summed E-state index contributed by atoms with van der Waals surface area (Å²) in [6.07, 6.45) is 3.65. The fraction of sp³-hybridized carbons (Fsp3) is 0.647. The standard InChI is InChI=1S/C17H27NO/c1-4-13(3)10-16(18-5-2)15-11-14-8-6-7-9-17(14)19-12-15/h6-9,13,15-16,18H,4-5,10-12H2,1-3H3. The van der Waals surface area contributed by atoms with Crippen LogP contribution in [0.4, 0.5) is 0 Å². The molecule has 3 atom stereocenters. The number of rotatable bonds is 6. The number of benzene rings is 1. The third-order valence-corrected chi connectivity index (χ3v) is 4.30. The zero-order chi connectivity index (χ0) is 13.7. The van der Waals surface area contributed by atoms with Crippen molar-refractivity contribution in [3.05, 3.63) is 29.8 Å². The van der Waals surface area contributed by atoms with Crippen molar-refractivity contribution in [2.24, 2.45) is 11.8 Å². The first-order valence-corrected chi connectivity index (χ1v) is 7.68. The highest BCUT2D eigenvalue weighted by atomic mass is 16.5. The van der Waals surface area contributed by atoms with Gasteiger partial charge in [0.05, 0.1) is 6.61 Å². The Bertz CT molecular complexity index is 391. The van der Waals surface area contributed by atoms with Gasteiger partial charge in [0.15, 0.2) is 0 Å². The molecule has 2 heteroatoms. The lowest BCUT2D eigenvalue weighted by Gasteiger charge is -2.33. The zero-order valence-electron chi connectivity index (χ0n) is 12.5. The predicted molar refractivity (Wildman–Crippen MR) is 80.7 cm³/mol. The van der Waals surface area contributed by atoms with Gasteiger partial charge >= 0.3 is 0 Å². The number of hydrogen-bond donors (Lipinski definition) is 1. The second-order valence-electron chi connectivity index (χ2n) is 5.80. The van der Waals surface area contributed by atoms with E-state index in [2.05, 4.69) is 50.4 Å². The van der Waals surface area contributed by atoms with E-state index in [4.69, 9.17) is 4.74 Å². The molecule has 0 aliphatic carbocycles. The van der Waals surface area contributed by atoms with Crippen molar-refractivity contribution in [1.29, 1.82) is 0 Å². The monoisotopic (exact) mass is 261 g/mol. The maximum Gasteiger partial charge on any atom is 0.122 e. The molecular formula is C17H27NO. The van der Waals surface area contributed by atoms with Gasteiger partial charge in [-0.3, -0.25) is 0 Å². The molecule has 106 valence electrons. The van der Waals surface area contributed by atoms with Crippen molar-refractivity contribution in [3.63, 3.8) is 0 Å². The summed E-state index contributed by atoms with van der Waals surface area (Å²) >= 11 is 0. The molecule has 0 aromatic heterocycles. The van der Waals surface area contributed by atoms with E-state index in [-0.39, 0.29) is 0 Å². The highest BCUT2D eigenvalue weighted by Crippen LogP contribution is 2.30. The molecule has 0 radical (unpaired) electrons. The molecule has 0 spiro atoms. The molecule has 0 amide bonds. The summed E-state index contributed by atoms with van der Waals surface area (Å²) in [5.41, 5.74) is 1.37. The second-order valence-corrected chi connectivity index (χ2v) is 5.80. The van der Waals surface area contributed by atoms with Gasteiger partial charge in [-0.05, 0) is 36.9 Å². The van der Waals surface area contributed by atoms with Crippen LogP contribution in [0.15, 0.2) is 24.3 Å².